The smallest absolute Gasteiger partial charge is 0.252 e. The zero-order chi connectivity index (χ0) is 16.4. The molecule has 23 heavy (non-hydrogen) atoms. The van der Waals surface area contributed by atoms with Gasteiger partial charge in [-0.15, -0.1) is 11.3 Å². The minimum atomic E-state index is -0.0355. The molecule has 0 aliphatic heterocycles. The highest BCUT2D eigenvalue weighted by molar-refractivity contribution is 7.09. The number of hydrogen-bond donors (Lipinski definition) is 1. The second-order valence-electron chi connectivity index (χ2n) is 5.43. The maximum Gasteiger partial charge on any atom is 0.252 e. The van der Waals surface area contributed by atoms with Crippen LogP contribution in [-0.2, 0) is 6.54 Å². The average molecular weight is 332 g/mol. The van der Waals surface area contributed by atoms with Crippen LogP contribution in [0.25, 0.3) is 11.2 Å². The third-order valence-electron chi connectivity index (χ3n) is 3.76. The molecule has 0 amide bonds. The zero-order valence-corrected chi connectivity index (χ0v) is 14.3. The van der Waals surface area contributed by atoms with Crippen molar-refractivity contribution in [3.63, 3.8) is 0 Å². The van der Waals surface area contributed by atoms with E-state index in [0.717, 1.165) is 12.2 Å². The van der Waals surface area contributed by atoms with E-state index in [1.54, 1.807) is 18.3 Å². The zero-order valence-electron chi connectivity index (χ0n) is 13.5. The summed E-state index contributed by atoms with van der Waals surface area (Å²) in [7, 11) is 0. The number of anilines is 1. The van der Waals surface area contributed by atoms with Crippen molar-refractivity contribution in [3.05, 3.63) is 34.1 Å². The van der Waals surface area contributed by atoms with Crippen LogP contribution in [-0.4, -0.2) is 32.7 Å². The number of aryl methyl sites for hydroxylation is 2. The first-order chi connectivity index (χ1) is 11.1. The van der Waals surface area contributed by atoms with Crippen molar-refractivity contribution in [2.24, 2.45) is 0 Å². The van der Waals surface area contributed by atoms with E-state index in [2.05, 4.69) is 38.2 Å². The number of oxazole rings is 1. The lowest BCUT2D eigenvalue weighted by molar-refractivity contribution is 0.254. The van der Waals surface area contributed by atoms with Gasteiger partial charge in [-0.1, -0.05) is 13.0 Å². The Morgan fingerprint density at radius 2 is 2.13 bits per heavy atom. The molecule has 0 spiro atoms. The van der Waals surface area contributed by atoms with Gasteiger partial charge in [0.25, 0.3) is 5.71 Å². The van der Waals surface area contributed by atoms with Crippen molar-refractivity contribution in [2.75, 3.05) is 11.5 Å². The van der Waals surface area contributed by atoms with Crippen molar-refractivity contribution in [1.29, 1.82) is 0 Å². The summed E-state index contributed by atoms with van der Waals surface area (Å²) >= 11 is 1.69. The third-order valence-corrected chi connectivity index (χ3v) is 4.62. The first-order valence-electron chi connectivity index (χ1n) is 7.64. The second-order valence-corrected chi connectivity index (χ2v) is 6.47. The molecule has 1 N–H and O–H groups in total. The second kappa shape index (κ2) is 6.64. The molecule has 0 unspecified atom stereocenters. The van der Waals surface area contributed by atoms with Crippen molar-refractivity contribution >= 4 is 28.4 Å². The third kappa shape index (κ3) is 3.20. The van der Waals surface area contributed by atoms with E-state index < -0.39 is 0 Å². The topological polar surface area (TPSA) is 75.3 Å². The van der Waals surface area contributed by atoms with Crippen LogP contribution in [0.5, 0.6) is 0 Å². The molecule has 7 heteroatoms. The quantitative estimate of drug-likeness (QED) is 0.747. The Hall–Kier alpha value is -1.99. The van der Waals surface area contributed by atoms with Gasteiger partial charge >= 0.3 is 0 Å². The molecule has 0 bridgehead atoms. The Morgan fingerprint density at radius 3 is 2.78 bits per heavy atom. The molecule has 1 atom stereocenters. The van der Waals surface area contributed by atoms with Crippen molar-refractivity contribution in [3.8, 4) is 0 Å². The summed E-state index contributed by atoms with van der Waals surface area (Å²) in [6.45, 7) is 6.43. The van der Waals surface area contributed by atoms with Crippen LogP contribution in [0.2, 0.25) is 0 Å². The maximum absolute atomic E-state index is 9.81. The number of hydrogen-bond acceptors (Lipinski definition) is 7. The average Bonchev–Trinajstić information content (AvgIpc) is 3.15. The predicted octanol–water partition coefficient (Wildman–Crippen LogP) is 3.07. The summed E-state index contributed by atoms with van der Waals surface area (Å²) in [6.07, 6.45) is 0.809. The molecule has 3 aromatic heterocycles. The predicted molar refractivity (Wildman–Crippen MR) is 90.7 cm³/mol. The van der Waals surface area contributed by atoms with E-state index in [1.807, 2.05) is 13.0 Å². The number of aliphatic hydroxyl groups is 1. The minimum absolute atomic E-state index is 0.0355. The van der Waals surface area contributed by atoms with E-state index >= 15 is 0 Å². The minimum Gasteiger partial charge on any atom is -0.422 e. The Kier molecular flexibility index (Phi) is 4.58. The number of fused-ring (bicyclic) bond motifs is 1. The van der Waals surface area contributed by atoms with E-state index in [-0.39, 0.29) is 12.6 Å². The molecule has 0 aromatic carbocycles. The van der Waals surface area contributed by atoms with Gasteiger partial charge in [0, 0.05) is 11.8 Å². The highest BCUT2D eigenvalue weighted by Gasteiger charge is 2.24. The maximum atomic E-state index is 9.81. The Bertz CT molecular complexity index is 781. The molecule has 0 radical (unpaired) electrons. The van der Waals surface area contributed by atoms with E-state index in [1.165, 1.54) is 4.88 Å². The molecule has 0 aliphatic rings. The van der Waals surface area contributed by atoms with E-state index in [4.69, 9.17) is 4.42 Å². The Balaban J connectivity index is 2.11. The Labute approximate surface area is 138 Å². The summed E-state index contributed by atoms with van der Waals surface area (Å²) < 4.78 is 5.57. The molecular weight excluding hydrogens is 312 g/mol. The molecule has 0 fully saturated rings. The largest absolute Gasteiger partial charge is 0.422 e. The van der Waals surface area contributed by atoms with Gasteiger partial charge in [-0.25, -0.2) is 9.97 Å². The fourth-order valence-corrected chi connectivity index (χ4v) is 3.31. The van der Waals surface area contributed by atoms with Crippen LogP contribution in [0.3, 0.4) is 0 Å². The van der Waals surface area contributed by atoms with Crippen molar-refractivity contribution in [2.45, 2.75) is 39.8 Å². The van der Waals surface area contributed by atoms with Gasteiger partial charge in [-0.05, 0) is 24.8 Å². The van der Waals surface area contributed by atoms with Gasteiger partial charge in [0.05, 0.1) is 19.2 Å². The van der Waals surface area contributed by atoms with Crippen LogP contribution in [0.15, 0.2) is 21.9 Å². The monoisotopic (exact) mass is 332 g/mol. The first kappa shape index (κ1) is 15.9. The summed E-state index contributed by atoms with van der Waals surface area (Å²) in [5.41, 5.74) is 1.14. The van der Waals surface area contributed by atoms with Gasteiger partial charge < -0.3 is 14.4 Å². The lowest BCUT2D eigenvalue weighted by atomic mass is 10.2. The normalized spacial score (nSPS) is 12.7. The standard InChI is InChI=1S/C16H20N4O2S/c1-4-12(9-21)20(8-13-6-5-7-23-13)15-14-16(18-10(2)17-15)22-11(3)19-14/h5-7,12,21H,4,8-9H2,1-3H3/t12-/m0/s1. The van der Waals surface area contributed by atoms with E-state index in [9.17, 15) is 5.11 Å². The number of aromatic nitrogens is 3. The lowest BCUT2D eigenvalue weighted by Crippen LogP contribution is -2.38. The van der Waals surface area contributed by atoms with Crippen LogP contribution >= 0.6 is 11.3 Å². The van der Waals surface area contributed by atoms with Crippen LogP contribution in [0.1, 0.15) is 29.9 Å². The van der Waals surface area contributed by atoms with Crippen LogP contribution in [0, 0.1) is 13.8 Å². The lowest BCUT2D eigenvalue weighted by Gasteiger charge is -2.30. The molecule has 3 heterocycles. The van der Waals surface area contributed by atoms with Gasteiger partial charge in [-0.2, -0.15) is 4.98 Å². The molecular formula is C16H20N4O2S. The van der Waals surface area contributed by atoms with Crippen LogP contribution in [0.4, 0.5) is 5.82 Å². The highest BCUT2D eigenvalue weighted by Crippen LogP contribution is 2.28. The molecule has 0 saturated heterocycles. The van der Waals surface area contributed by atoms with Gasteiger partial charge in [0.1, 0.15) is 5.82 Å². The number of nitrogens with zero attached hydrogens (tertiary/aromatic N) is 4. The van der Waals surface area contributed by atoms with Crippen molar-refractivity contribution < 1.29 is 9.52 Å². The molecule has 0 aliphatic carbocycles. The number of thiophene rings is 1. The number of aliphatic hydroxyl groups excluding tert-OH is 1. The summed E-state index contributed by atoms with van der Waals surface area (Å²) in [6, 6.07) is 4.08. The molecule has 3 rings (SSSR count). The molecule has 6 nitrogen and oxygen atoms in total. The summed E-state index contributed by atoms with van der Waals surface area (Å²) in [5, 5.41) is 11.9. The fraction of sp³-hybridized carbons (Fsp3) is 0.438. The van der Waals surface area contributed by atoms with Gasteiger partial charge in [0.15, 0.2) is 17.2 Å². The number of rotatable bonds is 6. The molecule has 3 aromatic rings. The summed E-state index contributed by atoms with van der Waals surface area (Å²) in [5.74, 6) is 1.92. The molecule has 0 saturated carbocycles. The molecule has 122 valence electrons. The highest BCUT2D eigenvalue weighted by atomic mass is 32.1. The fourth-order valence-electron chi connectivity index (χ4n) is 2.61. The van der Waals surface area contributed by atoms with Gasteiger partial charge in [0.2, 0.25) is 0 Å². The van der Waals surface area contributed by atoms with Crippen LogP contribution < -0.4 is 4.90 Å². The van der Waals surface area contributed by atoms with E-state index in [0.29, 0.717) is 29.5 Å². The van der Waals surface area contributed by atoms with Gasteiger partial charge in [-0.3, -0.25) is 0 Å². The SMILES string of the molecule is CC[C@@H](CO)N(Cc1cccs1)c1nc(C)nc2oc(C)nc12. The summed E-state index contributed by atoms with van der Waals surface area (Å²) in [4.78, 5) is 16.7. The van der Waals surface area contributed by atoms with Crippen molar-refractivity contribution in [1.82, 2.24) is 15.0 Å². The first-order valence-corrected chi connectivity index (χ1v) is 8.52. The Morgan fingerprint density at radius 1 is 1.30 bits per heavy atom.